The van der Waals surface area contributed by atoms with Crippen LogP contribution in [0.5, 0.6) is 0 Å². The van der Waals surface area contributed by atoms with Gasteiger partial charge in [0.1, 0.15) is 10.7 Å². The number of aromatic nitrogens is 2. The molecule has 0 aliphatic heterocycles. The Morgan fingerprint density at radius 2 is 1.80 bits per heavy atom. The van der Waals surface area contributed by atoms with Gasteiger partial charge in [-0.15, -0.1) is 11.3 Å². The standard InChI is InChI=1S/C19H12IN3OS/c20-12-7-9-13(10-8-12)22-18(24)14-4-3-11-21-17(14)19-23-15-5-1-2-6-16(15)25-19/h1-11H,(H,22,24). The molecule has 2 aromatic carbocycles. The van der Waals surface area contributed by atoms with Crippen LogP contribution in [0.15, 0.2) is 66.9 Å². The minimum atomic E-state index is -0.191. The van der Waals surface area contributed by atoms with Crippen LogP contribution in [0.2, 0.25) is 0 Å². The molecule has 0 unspecified atom stereocenters. The van der Waals surface area contributed by atoms with E-state index in [0.717, 1.165) is 24.5 Å². The van der Waals surface area contributed by atoms with Crippen molar-refractivity contribution in [3.05, 3.63) is 76.0 Å². The number of anilines is 1. The smallest absolute Gasteiger partial charge is 0.257 e. The summed E-state index contributed by atoms with van der Waals surface area (Å²) in [5.41, 5.74) is 2.79. The summed E-state index contributed by atoms with van der Waals surface area (Å²) in [4.78, 5) is 21.8. The van der Waals surface area contributed by atoms with E-state index in [-0.39, 0.29) is 5.91 Å². The van der Waals surface area contributed by atoms with Crippen molar-refractivity contribution in [2.45, 2.75) is 0 Å². The molecule has 1 amide bonds. The van der Waals surface area contributed by atoms with Crippen LogP contribution in [-0.2, 0) is 0 Å². The number of nitrogens with zero attached hydrogens (tertiary/aromatic N) is 2. The lowest BCUT2D eigenvalue weighted by Crippen LogP contribution is -2.13. The van der Waals surface area contributed by atoms with Crippen LogP contribution in [0.3, 0.4) is 0 Å². The van der Waals surface area contributed by atoms with Crippen LogP contribution in [0.4, 0.5) is 5.69 Å². The van der Waals surface area contributed by atoms with Crippen LogP contribution < -0.4 is 5.32 Å². The highest BCUT2D eigenvalue weighted by molar-refractivity contribution is 14.1. The van der Waals surface area contributed by atoms with E-state index in [4.69, 9.17) is 0 Å². The van der Waals surface area contributed by atoms with E-state index in [9.17, 15) is 4.79 Å². The summed E-state index contributed by atoms with van der Waals surface area (Å²) in [5.74, 6) is -0.191. The predicted octanol–water partition coefficient (Wildman–Crippen LogP) is 5.22. The third kappa shape index (κ3) is 3.40. The first-order valence-corrected chi connectivity index (χ1v) is 9.48. The summed E-state index contributed by atoms with van der Waals surface area (Å²) < 4.78 is 2.19. The van der Waals surface area contributed by atoms with Gasteiger partial charge in [0.05, 0.1) is 15.8 Å². The number of para-hydroxylation sites is 1. The van der Waals surface area contributed by atoms with Crippen molar-refractivity contribution in [2.24, 2.45) is 0 Å². The molecule has 0 bridgehead atoms. The zero-order valence-corrected chi connectivity index (χ0v) is 15.9. The molecule has 0 saturated heterocycles. The molecule has 2 heterocycles. The van der Waals surface area contributed by atoms with Gasteiger partial charge in [0.15, 0.2) is 0 Å². The van der Waals surface area contributed by atoms with Crippen molar-refractivity contribution < 1.29 is 4.79 Å². The average Bonchev–Trinajstić information content (AvgIpc) is 3.07. The molecule has 4 aromatic rings. The molecule has 0 atom stereocenters. The van der Waals surface area contributed by atoms with Crippen LogP contribution in [0, 0.1) is 3.57 Å². The van der Waals surface area contributed by atoms with E-state index in [1.165, 1.54) is 11.3 Å². The number of carbonyl (C=O) groups excluding carboxylic acids is 1. The highest BCUT2D eigenvalue weighted by Crippen LogP contribution is 2.31. The Morgan fingerprint density at radius 1 is 1.00 bits per heavy atom. The van der Waals surface area contributed by atoms with Crippen LogP contribution >= 0.6 is 33.9 Å². The lowest BCUT2D eigenvalue weighted by Gasteiger charge is -2.08. The monoisotopic (exact) mass is 457 g/mol. The van der Waals surface area contributed by atoms with Gasteiger partial charge >= 0.3 is 0 Å². The first kappa shape index (κ1) is 16.2. The molecular weight excluding hydrogens is 445 g/mol. The summed E-state index contributed by atoms with van der Waals surface area (Å²) in [6, 6.07) is 19.1. The Balaban J connectivity index is 1.70. The number of amides is 1. The molecule has 1 N–H and O–H groups in total. The maximum Gasteiger partial charge on any atom is 0.257 e. The molecular formula is C19H12IN3OS. The topological polar surface area (TPSA) is 54.9 Å². The maximum absolute atomic E-state index is 12.7. The first-order chi connectivity index (χ1) is 12.2. The summed E-state index contributed by atoms with van der Waals surface area (Å²) in [5, 5.41) is 3.67. The third-order valence-corrected chi connectivity index (χ3v) is 5.41. The number of nitrogens with one attached hydrogen (secondary N) is 1. The molecule has 4 rings (SSSR count). The lowest BCUT2D eigenvalue weighted by molar-refractivity contribution is 0.102. The average molecular weight is 457 g/mol. The number of hydrogen-bond acceptors (Lipinski definition) is 4. The number of hydrogen-bond donors (Lipinski definition) is 1. The van der Waals surface area contributed by atoms with E-state index < -0.39 is 0 Å². The molecule has 2 aromatic heterocycles. The molecule has 0 fully saturated rings. The van der Waals surface area contributed by atoms with Crippen molar-refractivity contribution >= 4 is 55.7 Å². The van der Waals surface area contributed by atoms with E-state index in [1.807, 2.05) is 48.5 Å². The minimum absolute atomic E-state index is 0.191. The summed E-state index contributed by atoms with van der Waals surface area (Å²) >= 11 is 3.77. The Labute approximate surface area is 162 Å². The minimum Gasteiger partial charge on any atom is -0.322 e. The highest BCUT2D eigenvalue weighted by Gasteiger charge is 2.17. The van der Waals surface area contributed by atoms with Gasteiger partial charge in [-0.3, -0.25) is 9.78 Å². The van der Waals surface area contributed by atoms with Gasteiger partial charge < -0.3 is 5.32 Å². The molecule has 25 heavy (non-hydrogen) atoms. The quantitative estimate of drug-likeness (QED) is 0.430. The molecule has 0 aliphatic carbocycles. The fourth-order valence-corrected chi connectivity index (χ4v) is 3.80. The molecule has 0 spiro atoms. The number of fused-ring (bicyclic) bond motifs is 1. The number of carbonyl (C=O) groups is 1. The van der Waals surface area contributed by atoms with Gasteiger partial charge in [-0.1, -0.05) is 12.1 Å². The van der Waals surface area contributed by atoms with Crippen molar-refractivity contribution in [1.82, 2.24) is 9.97 Å². The van der Waals surface area contributed by atoms with Gasteiger partial charge in [-0.05, 0) is 71.1 Å². The van der Waals surface area contributed by atoms with E-state index in [0.29, 0.717) is 11.3 Å². The number of halogens is 1. The van der Waals surface area contributed by atoms with Crippen LogP contribution in [0.25, 0.3) is 20.9 Å². The van der Waals surface area contributed by atoms with Crippen molar-refractivity contribution in [3.63, 3.8) is 0 Å². The lowest BCUT2D eigenvalue weighted by atomic mass is 10.1. The third-order valence-electron chi connectivity index (χ3n) is 3.65. The molecule has 0 radical (unpaired) electrons. The zero-order valence-electron chi connectivity index (χ0n) is 12.9. The van der Waals surface area contributed by atoms with E-state index >= 15 is 0 Å². The van der Waals surface area contributed by atoms with Crippen molar-refractivity contribution in [3.8, 4) is 10.7 Å². The Kier molecular flexibility index (Phi) is 4.46. The summed E-state index contributed by atoms with van der Waals surface area (Å²) in [6.45, 7) is 0. The second-order valence-electron chi connectivity index (χ2n) is 5.35. The first-order valence-electron chi connectivity index (χ1n) is 7.58. The van der Waals surface area contributed by atoms with Crippen molar-refractivity contribution in [2.75, 3.05) is 5.32 Å². The summed E-state index contributed by atoms with van der Waals surface area (Å²) in [7, 11) is 0. The van der Waals surface area contributed by atoms with Crippen molar-refractivity contribution in [1.29, 1.82) is 0 Å². The van der Waals surface area contributed by atoms with Gasteiger partial charge in [0.25, 0.3) is 5.91 Å². The fourth-order valence-electron chi connectivity index (χ4n) is 2.46. The van der Waals surface area contributed by atoms with E-state index in [2.05, 4.69) is 37.9 Å². The Hall–Kier alpha value is -2.32. The number of thiazole rings is 1. The molecule has 6 heteroatoms. The number of rotatable bonds is 3. The summed E-state index contributed by atoms with van der Waals surface area (Å²) in [6.07, 6.45) is 1.68. The normalized spacial score (nSPS) is 10.8. The predicted molar refractivity (Wildman–Crippen MR) is 110 cm³/mol. The largest absolute Gasteiger partial charge is 0.322 e. The Morgan fingerprint density at radius 3 is 2.60 bits per heavy atom. The molecule has 4 nitrogen and oxygen atoms in total. The SMILES string of the molecule is O=C(Nc1ccc(I)cc1)c1cccnc1-c1nc2ccccc2s1. The van der Waals surface area contributed by atoms with E-state index in [1.54, 1.807) is 18.3 Å². The van der Waals surface area contributed by atoms with Gasteiger partial charge in [0.2, 0.25) is 0 Å². The number of benzene rings is 2. The number of pyridine rings is 1. The zero-order chi connectivity index (χ0) is 17.2. The highest BCUT2D eigenvalue weighted by atomic mass is 127. The van der Waals surface area contributed by atoms with Crippen LogP contribution in [0.1, 0.15) is 10.4 Å². The Bertz CT molecular complexity index is 1030. The second kappa shape index (κ2) is 6.89. The van der Waals surface area contributed by atoms with Crippen LogP contribution in [-0.4, -0.2) is 15.9 Å². The molecule has 122 valence electrons. The van der Waals surface area contributed by atoms with Gasteiger partial charge in [-0.25, -0.2) is 4.98 Å². The second-order valence-corrected chi connectivity index (χ2v) is 7.62. The molecule has 0 aliphatic rings. The fraction of sp³-hybridized carbons (Fsp3) is 0. The maximum atomic E-state index is 12.7. The van der Waals surface area contributed by atoms with Gasteiger partial charge in [-0.2, -0.15) is 0 Å². The van der Waals surface area contributed by atoms with Gasteiger partial charge in [0, 0.05) is 15.5 Å². The molecule has 0 saturated carbocycles.